The van der Waals surface area contributed by atoms with Gasteiger partial charge in [-0.15, -0.1) is 0 Å². The molecule has 124 valence electrons. The number of rotatable bonds is 3. The largest absolute Gasteiger partial charge is 0.312 e. The van der Waals surface area contributed by atoms with E-state index in [4.69, 9.17) is 0 Å². The first kappa shape index (κ1) is 15.1. The average Bonchev–Trinajstić information content (AvgIpc) is 3.04. The maximum absolute atomic E-state index is 13.1. The van der Waals surface area contributed by atoms with Crippen molar-refractivity contribution in [1.82, 2.24) is 14.2 Å². The third kappa shape index (κ3) is 2.86. The lowest BCUT2D eigenvalue weighted by atomic mass is 9.89. The Morgan fingerprint density at radius 2 is 1.83 bits per heavy atom. The molecule has 2 aromatic heterocycles. The fraction of sp³-hybridized carbons (Fsp3) is 0.368. The van der Waals surface area contributed by atoms with E-state index in [0.717, 1.165) is 12.1 Å². The first-order valence-corrected chi connectivity index (χ1v) is 8.55. The van der Waals surface area contributed by atoms with Crippen LogP contribution in [-0.2, 0) is 6.54 Å². The van der Waals surface area contributed by atoms with Crippen LogP contribution in [0.5, 0.6) is 0 Å². The van der Waals surface area contributed by atoms with Crippen molar-refractivity contribution >= 4 is 5.52 Å². The van der Waals surface area contributed by atoms with Crippen molar-refractivity contribution in [2.24, 2.45) is 5.92 Å². The topological polar surface area (TPSA) is 39.3 Å². The van der Waals surface area contributed by atoms with Gasteiger partial charge in [-0.1, -0.05) is 19.3 Å². The molecule has 0 N–H and O–H groups in total. The van der Waals surface area contributed by atoms with Crippen LogP contribution in [0.4, 0.5) is 4.39 Å². The summed E-state index contributed by atoms with van der Waals surface area (Å²) < 4.78 is 16.5. The van der Waals surface area contributed by atoms with Gasteiger partial charge in [0, 0.05) is 24.5 Å². The minimum atomic E-state index is -0.280. The Bertz CT molecular complexity index is 905. The van der Waals surface area contributed by atoms with Gasteiger partial charge < -0.3 is 4.57 Å². The van der Waals surface area contributed by atoms with Gasteiger partial charge in [0.1, 0.15) is 11.3 Å². The number of aromatic nitrogens is 3. The zero-order valence-electron chi connectivity index (χ0n) is 13.5. The molecule has 1 aliphatic rings. The molecule has 4 nitrogen and oxygen atoms in total. The van der Waals surface area contributed by atoms with E-state index in [1.54, 1.807) is 27.3 Å². The summed E-state index contributed by atoms with van der Waals surface area (Å²) in [7, 11) is 0. The van der Waals surface area contributed by atoms with Gasteiger partial charge in [0.15, 0.2) is 0 Å². The molecular formula is C19H20FN3O. The first-order valence-electron chi connectivity index (χ1n) is 8.55. The van der Waals surface area contributed by atoms with Gasteiger partial charge in [-0.05, 0) is 49.1 Å². The highest BCUT2D eigenvalue weighted by atomic mass is 19.1. The number of hydrogen-bond acceptors (Lipinski definition) is 2. The van der Waals surface area contributed by atoms with E-state index in [-0.39, 0.29) is 11.4 Å². The highest BCUT2D eigenvalue weighted by molar-refractivity contribution is 5.65. The Morgan fingerprint density at radius 1 is 1.08 bits per heavy atom. The van der Waals surface area contributed by atoms with Gasteiger partial charge >= 0.3 is 0 Å². The number of fused-ring (bicyclic) bond motifs is 1. The normalized spacial score (nSPS) is 15.9. The number of halogens is 1. The van der Waals surface area contributed by atoms with Crippen molar-refractivity contribution in [2.45, 2.75) is 38.6 Å². The number of hydrogen-bond donors (Lipinski definition) is 0. The monoisotopic (exact) mass is 325 g/mol. The summed E-state index contributed by atoms with van der Waals surface area (Å²) >= 11 is 0. The molecule has 0 aliphatic heterocycles. The summed E-state index contributed by atoms with van der Waals surface area (Å²) in [6.45, 7) is 0.784. The molecule has 3 aromatic rings. The molecule has 1 fully saturated rings. The van der Waals surface area contributed by atoms with E-state index in [0.29, 0.717) is 17.1 Å². The third-order valence-electron chi connectivity index (χ3n) is 4.92. The van der Waals surface area contributed by atoms with Crippen molar-refractivity contribution in [3.63, 3.8) is 0 Å². The summed E-state index contributed by atoms with van der Waals surface area (Å²) in [5.74, 6) is 0.316. The quantitative estimate of drug-likeness (QED) is 0.733. The van der Waals surface area contributed by atoms with Gasteiger partial charge in [0.2, 0.25) is 0 Å². The average molecular weight is 325 g/mol. The van der Waals surface area contributed by atoms with E-state index in [1.807, 2.05) is 12.4 Å². The first-order chi connectivity index (χ1) is 11.7. The Kier molecular flexibility index (Phi) is 3.92. The van der Waals surface area contributed by atoms with Crippen molar-refractivity contribution in [3.8, 4) is 11.3 Å². The molecule has 4 rings (SSSR count). The van der Waals surface area contributed by atoms with Crippen LogP contribution >= 0.6 is 0 Å². The van der Waals surface area contributed by atoms with Crippen LogP contribution in [0.15, 0.2) is 47.5 Å². The van der Waals surface area contributed by atoms with E-state index in [9.17, 15) is 9.18 Å². The van der Waals surface area contributed by atoms with Gasteiger partial charge in [0.25, 0.3) is 5.56 Å². The second kappa shape index (κ2) is 6.23. The molecule has 0 atom stereocenters. The molecule has 2 heterocycles. The van der Waals surface area contributed by atoms with Crippen LogP contribution in [0.2, 0.25) is 0 Å². The Morgan fingerprint density at radius 3 is 2.58 bits per heavy atom. The second-order valence-electron chi connectivity index (χ2n) is 6.63. The lowest BCUT2D eigenvalue weighted by molar-refractivity contribution is 0.316. The fourth-order valence-electron chi connectivity index (χ4n) is 3.58. The lowest BCUT2D eigenvalue weighted by Crippen LogP contribution is -2.25. The molecule has 0 saturated heterocycles. The molecule has 0 bridgehead atoms. The van der Waals surface area contributed by atoms with Gasteiger partial charge in [-0.25, -0.2) is 8.91 Å². The minimum Gasteiger partial charge on any atom is -0.312 e. The van der Waals surface area contributed by atoms with Crippen LogP contribution in [0.25, 0.3) is 16.8 Å². The zero-order valence-corrected chi connectivity index (χ0v) is 13.5. The molecule has 0 amide bonds. The van der Waals surface area contributed by atoms with Crippen LogP contribution in [0.3, 0.4) is 0 Å². The van der Waals surface area contributed by atoms with Crippen LogP contribution in [-0.4, -0.2) is 14.2 Å². The summed E-state index contributed by atoms with van der Waals surface area (Å²) in [6, 6.07) is 7.95. The maximum Gasteiger partial charge on any atom is 0.276 e. The van der Waals surface area contributed by atoms with Crippen molar-refractivity contribution in [2.75, 3.05) is 0 Å². The lowest BCUT2D eigenvalue weighted by Gasteiger charge is -2.22. The number of nitrogens with zero attached hydrogens (tertiary/aromatic N) is 3. The minimum absolute atomic E-state index is 0.0102. The van der Waals surface area contributed by atoms with E-state index >= 15 is 0 Å². The summed E-state index contributed by atoms with van der Waals surface area (Å²) in [6.07, 6.45) is 9.91. The summed E-state index contributed by atoms with van der Waals surface area (Å²) in [4.78, 5) is 12.7. The predicted octanol–water partition coefficient (Wildman–Crippen LogP) is 3.88. The highest BCUT2D eigenvalue weighted by Gasteiger charge is 2.16. The molecule has 0 radical (unpaired) electrons. The Balaban J connectivity index is 1.68. The second-order valence-corrected chi connectivity index (χ2v) is 6.63. The standard InChI is InChI=1S/C19H20FN3O/c20-16-8-6-15(7-9-16)17-12-18-19(24)22(10-11-23(18)21-17)13-14-4-2-1-3-5-14/h6-12,14H,1-5,13H2. The predicted molar refractivity (Wildman–Crippen MR) is 91.4 cm³/mol. The molecule has 1 saturated carbocycles. The summed E-state index contributed by atoms with van der Waals surface area (Å²) in [5, 5.41) is 4.44. The van der Waals surface area contributed by atoms with Crippen LogP contribution < -0.4 is 5.56 Å². The Hall–Kier alpha value is -2.43. The molecule has 24 heavy (non-hydrogen) atoms. The highest BCUT2D eigenvalue weighted by Crippen LogP contribution is 2.25. The summed E-state index contributed by atoms with van der Waals surface area (Å²) in [5.41, 5.74) is 2.04. The third-order valence-corrected chi connectivity index (χ3v) is 4.92. The molecular weight excluding hydrogens is 305 g/mol. The SMILES string of the molecule is O=c1c2cc(-c3ccc(F)cc3)nn2ccn1CC1CCCCC1. The molecule has 0 unspecified atom stereocenters. The molecule has 1 aromatic carbocycles. The van der Waals surface area contributed by atoms with Crippen LogP contribution in [0, 0.1) is 11.7 Å². The smallest absolute Gasteiger partial charge is 0.276 e. The van der Waals surface area contributed by atoms with E-state index in [2.05, 4.69) is 5.10 Å². The molecule has 1 aliphatic carbocycles. The zero-order chi connectivity index (χ0) is 16.5. The fourth-order valence-corrected chi connectivity index (χ4v) is 3.58. The van der Waals surface area contributed by atoms with Gasteiger partial charge in [-0.3, -0.25) is 4.79 Å². The van der Waals surface area contributed by atoms with Crippen molar-refractivity contribution < 1.29 is 4.39 Å². The van der Waals surface area contributed by atoms with Gasteiger partial charge in [-0.2, -0.15) is 5.10 Å². The van der Waals surface area contributed by atoms with Crippen molar-refractivity contribution in [3.05, 3.63) is 58.9 Å². The van der Waals surface area contributed by atoms with E-state index in [1.165, 1.54) is 44.2 Å². The van der Waals surface area contributed by atoms with Crippen LogP contribution in [0.1, 0.15) is 32.1 Å². The van der Waals surface area contributed by atoms with Crippen molar-refractivity contribution in [1.29, 1.82) is 0 Å². The van der Waals surface area contributed by atoms with E-state index < -0.39 is 0 Å². The van der Waals surface area contributed by atoms with Gasteiger partial charge in [0.05, 0.1) is 5.69 Å². The molecule has 0 spiro atoms. The maximum atomic E-state index is 13.1. The molecule has 5 heteroatoms. The number of benzene rings is 1. The Labute approximate surface area is 139 Å².